The fraction of sp³-hybridized carbons (Fsp3) is 0.611. The van der Waals surface area contributed by atoms with Crippen molar-refractivity contribution in [1.82, 2.24) is 4.31 Å². The zero-order valence-electron chi connectivity index (χ0n) is 16.0. The Balaban J connectivity index is 2.16. The van der Waals surface area contributed by atoms with Gasteiger partial charge >= 0.3 is 0 Å². The lowest BCUT2D eigenvalue weighted by molar-refractivity contribution is -0.925. The fourth-order valence-electron chi connectivity index (χ4n) is 3.60. The molecule has 1 aliphatic rings. The standard InChI is InChI=1S/C18H28ClN3O3S/c1-12-8-13(2)11-22(10-12)14(3)18(23)20-15-6-7-16(19)17(9-15)26(24,25)21(4)5/h6-7,9,12-14H,8,10-11H2,1-5H3,(H,20,23)/p+1/t12-,13-,14+/m1/s1. The second kappa shape index (κ2) is 8.25. The van der Waals surface area contributed by atoms with Crippen molar-refractivity contribution < 1.29 is 18.1 Å². The Morgan fingerprint density at radius 2 is 1.85 bits per heavy atom. The summed E-state index contributed by atoms with van der Waals surface area (Å²) in [5, 5.41) is 2.98. The van der Waals surface area contributed by atoms with Gasteiger partial charge in [0.05, 0.1) is 18.1 Å². The number of carbonyl (C=O) groups excluding carboxylic acids is 1. The van der Waals surface area contributed by atoms with Gasteiger partial charge in [-0.15, -0.1) is 0 Å². The highest BCUT2D eigenvalue weighted by Gasteiger charge is 2.32. The second-order valence-electron chi connectivity index (χ2n) is 7.66. The van der Waals surface area contributed by atoms with Gasteiger partial charge in [0.25, 0.3) is 5.91 Å². The Hall–Kier alpha value is -1.15. The van der Waals surface area contributed by atoms with Gasteiger partial charge in [-0.3, -0.25) is 4.79 Å². The first-order valence-corrected chi connectivity index (χ1v) is 10.7. The molecule has 8 heteroatoms. The molecule has 1 fully saturated rings. The minimum atomic E-state index is -3.68. The molecule has 0 bridgehead atoms. The maximum atomic E-state index is 12.7. The third-order valence-electron chi connectivity index (χ3n) is 4.99. The van der Waals surface area contributed by atoms with E-state index in [1.807, 2.05) is 6.92 Å². The Morgan fingerprint density at radius 3 is 2.38 bits per heavy atom. The summed E-state index contributed by atoms with van der Waals surface area (Å²) < 4.78 is 25.8. The van der Waals surface area contributed by atoms with Gasteiger partial charge in [-0.2, -0.15) is 0 Å². The van der Waals surface area contributed by atoms with Crippen molar-refractivity contribution in [3.05, 3.63) is 23.2 Å². The quantitative estimate of drug-likeness (QED) is 0.783. The summed E-state index contributed by atoms with van der Waals surface area (Å²) in [4.78, 5) is 13.9. The van der Waals surface area contributed by atoms with E-state index in [0.29, 0.717) is 17.5 Å². The number of likely N-dealkylation sites (tertiary alicyclic amines) is 1. The van der Waals surface area contributed by atoms with E-state index in [0.717, 1.165) is 17.4 Å². The van der Waals surface area contributed by atoms with Gasteiger partial charge in [0.2, 0.25) is 10.0 Å². The van der Waals surface area contributed by atoms with Crippen molar-refractivity contribution in [3.8, 4) is 0 Å². The smallest absolute Gasteiger partial charge is 0.282 e. The van der Waals surface area contributed by atoms with Crippen LogP contribution in [-0.2, 0) is 14.8 Å². The number of quaternary nitrogens is 1. The van der Waals surface area contributed by atoms with Crippen LogP contribution >= 0.6 is 11.6 Å². The van der Waals surface area contributed by atoms with Crippen molar-refractivity contribution >= 4 is 33.2 Å². The normalized spacial score (nSPS) is 25.1. The molecule has 2 N–H and O–H groups in total. The van der Waals surface area contributed by atoms with Crippen molar-refractivity contribution in [2.45, 2.75) is 38.1 Å². The molecule has 6 nitrogen and oxygen atoms in total. The molecule has 0 radical (unpaired) electrons. The van der Waals surface area contributed by atoms with E-state index in [1.54, 1.807) is 6.07 Å². The van der Waals surface area contributed by atoms with Gasteiger partial charge in [0, 0.05) is 31.6 Å². The van der Waals surface area contributed by atoms with E-state index in [-0.39, 0.29) is 21.9 Å². The number of rotatable bonds is 5. The summed E-state index contributed by atoms with van der Waals surface area (Å²) >= 11 is 6.06. The fourth-order valence-corrected chi connectivity index (χ4v) is 4.99. The van der Waals surface area contributed by atoms with Gasteiger partial charge in [-0.25, -0.2) is 12.7 Å². The number of nitrogens with zero attached hydrogens (tertiary/aromatic N) is 1. The van der Waals surface area contributed by atoms with Crippen LogP contribution in [-0.4, -0.2) is 51.9 Å². The number of hydrogen-bond acceptors (Lipinski definition) is 3. The van der Waals surface area contributed by atoms with Crippen LogP contribution in [0.25, 0.3) is 0 Å². The van der Waals surface area contributed by atoms with E-state index in [2.05, 4.69) is 19.2 Å². The average Bonchev–Trinajstić information content (AvgIpc) is 2.54. The predicted octanol–water partition coefficient (Wildman–Crippen LogP) is 1.48. The lowest BCUT2D eigenvalue weighted by atomic mass is 9.91. The monoisotopic (exact) mass is 402 g/mol. The van der Waals surface area contributed by atoms with Gasteiger partial charge in [0.15, 0.2) is 6.04 Å². The van der Waals surface area contributed by atoms with Crippen LogP contribution in [0.15, 0.2) is 23.1 Å². The van der Waals surface area contributed by atoms with Gasteiger partial charge in [0.1, 0.15) is 4.90 Å². The topological polar surface area (TPSA) is 70.9 Å². The van der Waals surface area contributed by atoms with Crippen LogP contribution < -0.4 is 10.2 Å². The predicted molar refractivity (Wildman–Crippen MR) is 104 cm³/mol. The molecule has 1 amide bonds. The summed E-state index contributed by atoms with van der Waals surface area (Å²) in [7, 11) is -0.785. The lowest BCUT2D eigenvalue weighted by Gasteiger charge is -2.35. The van der Waals surface area contributed by atoms with Crippen LogP contribution in [0.3, 0.4) is 0 Å². The second-order valence-corrected chi connectivity index (χ2v) is 10.2. The van der Waals surface area contributed by atoms with Crippen molar-refractivity contribution in [1.29, 1.82) is 0 Å². The molecule has 0 aliphatic carbocycles. The Bertz CT molecular complexity index is 757. The third-order valence-corrected chi connectivity index (χ3v) is 7.29. The minimum Gasteiger partial charge on any atom is -0.324 e. The molecule has 0 unspecified atom stereocenters. The van der Waals surface area contributed by atoms with Gasteiger partial charge < -0.3 is 10.2 Å². The summed E-state index contributed by atoms with van der Waals surface area (Å²) in [5.74, 6) is 1.07. The number of halogens is 1. The zero-order valence-corrected chi connectivity index (χ0v) is 17.6. The van der Waals surface area contributed by atoms with E-state index < -0.39 is 10.0 Å². The third kappa shape index (κ3) is 4.76. The lowest BCUT2D eigenvalue weighted by Crippen LogP contribution is -3.18. The number of amides is 1. The summed E-state index contributed by atoms with van der Waals surface area (Å²) in [6.45, 7) is 8.30. The van der Waals surface area contributed by atoms with Crippen molar-refractivity contribution in [2.24, 2.45) is 11.8 Å². The maximum Gasteiger partial charge on any atom is 0.282 e. The number of benzene rings is 1. The molecule has 2 rings (SSSR count). The number of nitrogens with one attached hydrogen (secondary N) is 2. The van der Waals surface area contributed by atoms with Crippen LogP contribution in [0.1, 0.15) is 27.2 Å². The van der Waals surface area contributed by atoms with Crippen LogP contribution in [0.2, 0.25) is 5.02 Å². The summed E-state index contributed by atoms with van der Waals surface area (Å²) in [6, 6.07) is 4.33. The SMILES string of the molecule is C[C@@H]1C[C@@H](C)C[NH+]([C@@H](C)C(=O)Nc2ccc(Cl)c(S(=O)(=O)N(C)C)c2)C1. The minimum absolute atomic E-state index is 0.0119. The molecule has 1 aliphatic heterocycles. The first-order valence-electron chi connectivity index (χ1n) is 8.90. The van der Waals surface area contributed by atoms with Gasteiger partial charge in [-0.05, 0) is 31.5 Å². The first-order chi connectivity index (χ1) is 12.0. The Kier molecular flexibility index (Phi) is 6.71. The van der Waals surface area contributed by atoms with Gasteiger partial charge in [-0.1, -0.05) is 25.4 Å². The molecular weight excluding hydrogens is 374 g/mol. The zero-order chi connectivity index (χ0) is 19.6. The maximum absolute atomic E-state index is 12.7. The number of anilines is 1. The molecule has 26 heavy (non-hydrogen) atoms. The molecule has 1 heterocycles. The van der Waals surface area contributed by atoms with E-state index in [1.165, 1.54) is 37.5 Å². The van der Waals surface area contributed by atoms with Crippen molar-refractivity contribution in [2.75, 3.05) is 32.5 Å². The molecular formula is C18H29ClN3O3S+. The highest BCUT2D eigenvalue weighted by Crippen LogP contribution is 2.26. The molecule has 0 saturated carbocycles. The molecule has 3 atom stereocenters. The number of hydrogen-bond donors (Lipinski definition) is 2. The Morgan fingerprint density at radius 1 is 1.27 bits per heavy atom. The molecule has 1 aromatic carbocycles. The average molecular weight is 403 g/mol. The molecule has 1 saturated heterocycles. The summed E-state index contributed by atoms with van der Waals surface area (Å²) in [5.41, 5.74) is 0.434. The van der Waals surface area contributed by atoms with Crippen LogP contribution in [0, 0.1) is 11.8 Å². The van der Waals surface area contributed by atoms with E-state index in [4.69, 9.17) is 11.6 Å². The largest absolute Gasteiger partial charge is 0.324 e. The first kappa shape index (κ1) is 21.2. The number of piperidine rings is 1. The van der Waals surface area contributed by atoms with Crippen molar-refractivity contribution in [3.63, 3.8) is 0 Å². The molecule has 0 spiro atoms. The highest BCUT2D eigenvalue weighted by atomic mass is 35.5. The summed E-state index contributed by atoms with van der Waals surface area (Å²) in [6.07, 6.45) is 1.20. The number of sulfonamides is 1. The van der Waals surface area contributed by atoms with E-state index >= 15 is 0 Å². The number of carbonyl (C=O) groups is 1. The highest BCUT2D eigenvalue weighted by molar-refractivity contribution is 7.89. The van der Waals surface area contributed by atoms with E-state index in [9.17, 15) is 13.2 Å². The molecule has 0 aromatic heterocycles. The molecule has 146 valence electrons. The van der Waals surface area contributed by atoms with Crippen LogP contribution in [0.4, 0.5) is 5.69 Å². The Labute approximate surface area is 161 Å². The van der Waals surface area contributed by atoms with Crippen LogP contribution in [0.5, 0.6) is 0 Å². The molecule has 1 aromatic rings.